The lowest BCUT2D eigenvalue weighted by Gasteiger charge is -2.36. The van der Waals surface area contributed by atoms with E-state index < -0.39 is 0 Å². The van der Waals surface area contributed by atoms with Crippen LogP contribution in [-0.4, -0.2) is 23.9 Å². The van der Waals surface area contributed by atoms with E-state index in [1.807, 2.05) is 0 Å². The summed E-state index contributed by atoms with van der Waals surface area (Å²) in [4.78, 5) is 0. The van der Waals surface area contributed by atoms with E-state index in [-0.39, 0.29) is 6.10 Å². The first-order chi connectivity index (χ1) is 10.7. The van der Waals surface area contributed by atoms with Gasteiger partial charge >= 0.3 is 0 Å². The zero-order valence-electron chi connectivity index (χ0n) is 14.3. The van der Waals surface area contributed by atoms with Gasteiger partial charge in [0.25, 0.3) is 0 Å². The third kappa shape index (κ3) is 4.58. The fourth-order valence-electron chi connectivity index (χ4n) is 4.58. The standard InChI is InChI=1S/C20H34O2/c1-15-2-9-18(10-3-15)20-13-8-17(14-22-20)5-4-16-6-11-19(21)12-7-16/h4-5,15-21H,2-3,6-14H2,1H3/b5-4+. The number of hydrogen-bond donors (Lipinski definition) is 1. The zero-order chi connectivity index (χ0) is 15.4. The monoisotopic (exact) mass is 306 g/mol. The number of allylic oxidation sites excluding steroid dienone is 1. The molecular formula is C20H34O2. The predicted molar refractivity (Wildman–Crippen MR) is 90.7 cm³/mol. The van der Waals surface area contributed by atoms with Crippen molar-refractivity contribution in [1.29, 1.82) is 0 Å². The van der Waals surface area contributed by atoms with Gasteiger partial charge in [-0.05, 0) is 69.1 Å². The topological polar surface area (TPSA) is 29.5 Å². The van der Waals surface area contributed by atoms with Gasteiger partial charge in [-0.1, -0.05) is 31.9 Å². The third-order valence-corrected chi connectivity index (χ3v) is 6.33. The molecule has 0 spiro atoms. The van der Waals surface area contributed by atoms with E-state index in [0.29, 0.717) is 17.9 Å². The van der Waals surface area contributed by atoms with Crippen LogP contribution in [0.25, 0.3) is 0 Å². The Morgan fingerprint density at radius 2 is 1.41 bits per heavy atom. The molecule has 2 atom stereocenters. The second kappa shape index (κ2) is 7.97. The molecule has 0 amide bonds. The van der Waals surface area contributed by atoms with Crippen molar-refractivity contribution in [3.63, 3.8) is 0 Å². The van der Waals surface area contributed by atoms with Gasteiger partial charge in [-0.3, -0.25) is 0 Å². The lowest BCUT2D eigenvalue weighted by atomic mass is 9.78. The molecule has 1 heterocycles. The molecule has 0 aromatic heterocycles. The number of hydrogen-bond acceptors (Lipinski definition) is 2. The first kappa shape index (κ1) is 16.5. The zero-order valence-corrected chi connectivity index (χ0v) is 14.3. The molecule has 0 aromatic carbocycles. The quantitative estimate of drug-likeness (QED) is 0.765. The molecule has 22 heavy (non-hydrogen) atoms. The lowest BCUT2D eigenvalue weighted by Crippen LogP contribution is -2.33. The van der Waals surface area contributed by atoms with E-state index in [1.165, 1.54) is 38.5 Å². The summed E-state index contributed by atoms with van der Waals surface area (Å²) in [6.45, 7) is 3.32. The van der Waals surface area contributed by atoms with Gasteiger partial charge in [0.1, 0.15) is 0 Å². The molecule has 2 heteroatoms. The molecule has 1 N–H and O–H groups in total. The predicted octanol–water partition coefficient (Wildman–Crippen LogP) is 4.72. The Labute approximate surface area is 136 Å². The smallest absolute Gasteiger partial charge is 0.0603 e. The average molecular weight is 306 g/mol. The van der Waals surface area contributed by atoms with Gasteiger partial charge in [0, 0.05) is 5.92 Å². The Kier molecular flexibility index (Phi) is 5.98. The van der Waals surface area contributed by atoms with Gasteiger partial charge in [0.2, 0.25) is 0 Å². The summed E-state index contributed by atoms with van der Waals surface area (Å²) in [5, 5.41) is 9.57. The van der Waals surface area contributed by atoms with E-state index in [4.69, 9.17) is 4.74 Å². The first-order valence-corrected chi connectivity index (χ1v) is 9.68. The van der Waals surface area contributed by atoms with Crippen LogP contribution < -0.4 is 0 Å². The van der Waals surface area contributed by atoms with Crippen LogP contribution in [0.2, 0.25) is 0 Å². The van der Waals surface area contributed by atoms with Gasteiger partial charge in [-0.25, -0.2) is 0 Å². The Morgan fingerprint density at radius 1 is 0.773 bits per heavy atom. The van der Waals surface area contributed by atoms with Crippen molar-refractivity contribution < 1.29 is 9.84 Å². The second-order valence-electron chi connectivity index (χ2n) is 8.18. The van der Waals surface area contributed by atoms with Crippen LogP contribution in [0.3, 0.4) is 0 Å². The maximum atomic E-state index is 9.57. The van der Waals surface area contributed by atoms with E-state index >= 15 is 0 Å². The molecule has 3 aliphatic rings. The molecule has 2 nitrogen and oxygen atoms in total. The number of rotatable bonds is 3. The minimum absolute atomic E-state index is 0.0402. The fourth-order valence-corrected chi connectivity index (χ4v) is 4.58. The van der Waals surface area contributed by atoms with Gasteiger partial charge in [0.05, 0.1) is 18.8 Å². The highest BCUT2D eigenvalue weighted by atomic mass is 16.5. The highest BCUT2D eigenvalue weighted by molar-refractivity contribution is 4.96. The van der Waals surface area contributed by atoms with Crippen molar-refractivity contribution in [2.24, 2.45) is 23.7 Å². The summed E-state index contributed by atoms with van der Waals surface area (Å²) in [7, 11) is 0. The molecule has 2 aliphatic carbocycles. The van der Waals surface area contributed by atoms with Crippen molar-refractivity contribution in [2.45, 2.75) is 83.3 Å². The largest absolute Gasteiger partial charge is 0.393 e. The van der Waals surface area contributed by atoms with Crippen LogP contribution in [0.15, 0.2) is 12.2 Å². The first-order valence-electron chi connectivity index (χ1n) is 9.68. The Hall–Kier alpha value is -0.340. The minimum Gasteiger partial charge on any atom is -0.393 e. The van der Waals surface area contributed by atoms with E-state index in [0.717, 1.165) is 44.1 Å². The van der Waals surface area contributed by atoms with Crippen LogP contribution in [0.5, 0.6) is 0 Å². The van der Waals surface area contributed by atoms with Gasteiger partial charge in [-0.2, -0.15) is 0 Å². The number of aliphatic hydroxyl groups excluding tert-OH is 1. The molecule has 0 radical (unpaired) electrons. The van der Waals surface area contributed by atoms with Crippen LogP contribution in [-0.2, 0) is 4.74 Å². The Morgan fingerprint density at radius 3 is 2.05 bits per heavy atom. The molecule has 3 fully saturated rings. The van der Waals surface area contributed by atoms with Crippen LogP contribution in [0.4, 0.5) is 0 Å². The highest BCUT2D eigenvalue weighted by Crippen LogP contribution is 2.36. The summed E-state index contributed by atoms with van der Waals surface area (Å²) in [6.07, 6.45) is 17.8. The maximum absolute atomic E-state index is 9.57. The van der Waals surface area contributed by atoms with Gasteiger partial charge in [0.15, 0.2) is 0 Å². The van der Waals surface area contributed by atoms with Crippen molar-refractivity contribution in [1.82, 2.24) is 0 Å². The normalized spacial score (nSPS) is 44.3. The SMILES string of the molecule is CC1CCC(C2CCC(/C=C/C3CCC(O)CC3)CO2)CC1. The van der Waals surface area contributed by atoms with Crippen molar-refractivity contribution in [3.05, 3.63) is 12.2 Å². The molecule has 0 aromatic rings. The molecule has 3 rings (SSSR count). The van der Waals surface area contributed by atoms with Crippen molar-refractivity contribution in [3.8, 4) is 0 Å². The summed E-state index contributed by atoms with van der Waals surface area (Å²) < 4.78 is 6.23. The second-order valence-corrected chi connectivity index (χ2v) is 8.18. The van der Waals surface area contributed by atoms with E-state index in [9.17, 15) is 5.11 Å². The highest BCUT2D eigenvalue weighted by Gasteiger charge is 2.30. The van der Waals surface area contributed by atoms with Crippen molar-refractivity contribution in [2.75, 3.05) is 6.61 Å². The minimum atomic E-state index is -0.0402. The van der Waals surface area contributed by atoms with Crippen molar-refractivity contribution >= 4 is 0 Å². The average Bonchev–Trinajstić information content (AvgIpc) is 2.56. The maximum Gasteiger partial charge on any atom is 0.0603 e. The summed E-state index contributed by atoms with van der Waals surface area (Å²) in [6, 6.07) is 0. The molecule has 126 valence electrons. The molecule has 1 saturated heterocycles. The molecule has 2 unspecified atom stereocenters. The molecule has 0 bridgehead atoms. The van der Waals surface area contributed by atoms with Crippen LogP contribution in [0, 0.1) is 23.7 Å². The number of ether oxygens (including phenoxy) is 1. The van der Waals surface area contributed by atoms with E-state index in [1.54, 1.807) is 0 Å². The Balaban J connectivity index is 1.38. The molecule has 2 saturated carbocycles. The summed E-state index contributed by atoms with van der Waals surface area (Å²) in [5.41, 5.74) is 0. The molecule has 1 aliphatic heterocycles. The van der Waals surface area contributed by atoms with Crippen LogP contribution >= 0.6 is 0 Å². The van der Waals surface area contributed by atoms with Gasteiger partial charge < -0.3 is 9.84 Å². The third-order valence-electron chi connectivity index (χ3n) is 6.33. The fraction of sp³-hybridized carbons (Fsp3) is 0.900. The summed E-state index contributed by atoms with van der Waals surface area (Å²) >= 11 is 0. The lowest BCUT2D eigenvalue weighted by molar-refractivity contribution is -0.0486. The molecular weight excluding hydrogens is 272 g/mol. The van der Waals surface area contributed by atoms with E-state index in [2.05, 4.69) is 19.1 Å². The number of aliphatic hydroxyl groups is 1. The van der Waals surface area contributed by atoms with Crippen LogP contribution in [0.1, 0.15) is 71.1 Å². The summed E-state index contributed by atoms with van der Waals surface area (Å²) in [5.74, 6) is 3.09. The Bertz CT molecular complexity index is 341. The van der Waals surface area contributed by atoms with Gasteiger partial charge in [-0.15, -0.1) is 0 Å².